The van der Waals surface area contributed by atoms with Crippen molar-refractivity contribution in [3.63, 3.8) is 0 Å². The van der Waals surface area contributed by atoms with Gasteiger partial charge in [0.25, 0.3) is 5.15 Å². The summed E-state index contributed by atoms with van der Waals surface area (Å²) >= 11 is 6.42. The fourth-order valence-electron chi connectivity index (χ4n) is 3.70. The van der Waals surface area contributed by atoms with Crippen molar-refractivity contribution in [1.29, 1.82) is 0 Å². The van der Waals surface area contributed by atoms with Crippen molar-refractivity contribution in [3.05, 3.63) is 47.2 Å². The van der Waals surface area contributed by atoms with Crippen molar-refractivity contribution in [2.24, 2.45) is 0 Å². The summed E-state index contributed by atoms with van der Waals surface area (Å²) in [4.78, 5) is 18.0. The number of aromatic nitrogens is 2. The van der Waals surface area contributed by atoms with E-state index in [1.807, 2.05) is 25.3 Å². The zero-order valence-corrected chi connectivity index (χ0v) is 17.4. The number of ether oxygens (including phenoxy) is 2. The Balaban J connectivity index is 1.53. The lowest BCUT2D eigenvalue weighted by Gasteiger charge is -2.08. The molecule has 150 valence electrons. The summed E-state index contributed by atoms with van der Waals surface area (Å²) in [6.07, 6.45) is 3.92. The van der Waals surface area contributed by atoms with Crippen molar-refractivity contribution < 1.29 is 19.3 Å². The highest BCUT2D eigenvalue weighted by atomic mass is 35.5. The van der Waals surface area contributed by atoms with Crippen LogP contribution in [0.5, 0.6) is 5.75 Å². The minimum Gasteiger partial charge on any atom is -0.494 e. The average Bonchev–Trinajstić information content (AvgIpc) is 3.12. The Kier molecular flexibility index (Phi) is 5.58. The highest BCUT2D eigenvalue weighted by Crippen LogP contribution is 2.35. The standard InChI is InChI=1S/C23H23ClN2O3/c1-3-28-19(27)6-4-5-11-29-16-8-10-17-15(12-16)7-9-18-20-21(26-22(17)18)14(2)13-25-23(20)24/h7-10,12-13,26H,3-6,11H2,1-2H3/p+1. The summed E-state index contributed by atoms with van der Waals surface area (Å²) in [7, 11) is 0. The molecule has 6 heteroatoms. The van der Waals surface area contributed by atoms with Crippen LogP contribution >= 0.6 is 11.6 Å². The monoisotopic (exact) mass is 411 g/mol. The second kappa shape index (κ2) is 8.29. The van der Waals surface area contributed by atoms with Crippen molar-refractivity contribution >= 4 is 50.1 Å². The molecule has 5 nitrogen and oxygen atoms in total. The molecule has 0 amide bonds. The van der Waals surface area contributed by atoms with Crippen LogP contribution in [-0.2, 0) is 9.53 Å². The second-order valence-electron chi connectivity index (χ2n) is 7.14. The lowest BCUT2D eigenvalue weighted by molar-refractivity contribution is -0.373. The minimum absolute atomic E-state index is 0.145. The Morgan fingerprint density at radius 3 is 2.79 bits per heavy atom. The number of halogens is 1. The summed E-state index contributed by atoms with van der Waals surface area (Å²) < 4.78 is 10.8. The number of H-pyrrole nitrogens is 2. The van der Waals surface area contributed by atoms with Crippen LogP contribution < -0.4 is 9.72 Å². The highest BCUT2D eigenvalue weighted by Gasteiger charge is 2.16. The van der Waals surface area contributed by atoms with E-state index in [4.69, 9.17) is 21.1 Å². The maximum atomic E-state index is 11.4. The molecule has 0 aliphatic rings. The summed E-state index contributed by atoms with van der Waals surface area (Å²) in [5, 5.41) is 4.99. The van der Waals surface area contributed by atoms with Gasteiger partial charge in [0.05, 0.1) is 29.6 Å². The molecule has 0 aliphatic heterocycles. The molecule has 0 unspecified atom stereocenters. The van der Waals surface area contributed by atoms with E-state index in [1.54, 1.807) is 0 Å². The molecule has 2 aromatic heterocycles. The topological polar surface area (TPSA) is 65.5 Å². The molecule has 0 aliphatic carbocycles. The van der Waals surface area contributed by atoms with Crippen LogP contribution in [0.1, 0.15) is 31.7 Å². The summed E-state index contributed by atoms with van der Waals surface area (Å²) in [6.45, 7) is 4.88. The molecule has 0 atom stereocenters. The molecule has 0 saturated carbocycles. The van der Waals surface area contributed by atoms with Crippen LogP contribution in [0, 0.1) is 6.92 Å². The van der Waals surface area contributed by atoms with Crippen molar-refractivity contribution in [3.8, 4) is 5.75 Å². The third-order valence-electron chi connectivity index (χ3n) is 5.14. The molecule has 2 heterocycles. The third kappa shape index (κ3) is 3.87. The van der Waals surface area contributed by atoms with Gasteiger partial charge in [0.15, 0.2) is 6.20 Å². The third-order valence-corrected chi connectivity index (χ3v) is 5.44. The van der Waals surface area contributed by atoms with E-state index in [1.165, 1.54) is 0 Å². The molecule has 4 aromatic rings. The normalized spacial score (nSPS) is 11.4. The Morgan fingerprint density at radius 1 is 1.14 bits per heavy atom. The zero-order chi connectivity index (χ0) is 20.4. The number of carbonyl (C=O) groups is 1. The molecular weight excluding hydrogens is 388 g/mol. The molecular formula is C23H24ClN2O3+. The fourth-order valence-corrected chi connectivity index (χ4v) is 3.95. The van der Waals surface area contributed by atoms with Crippen LogP contribution in [0.25, 0.3) is 32.6 Å². The Labute approximate surface area is 174 Å². The zero-order valence-electron chi connectivity index (χ0n) is 16.6. The summed E-state index contributed by atoms with van der Waals surface area (Å²) in [5.74, 6) is 0.681. The first-order valence-corrected chi connectivity index (χ1v) is 10.3. The van der Waals surface area contributed by atoms with E-state index in [2.05, 4.69) is 35.1 Å². The number of aromatic amines is 2. The van der Waals surface area contributed by atoms with Gasteiger partial charge in [-0.1, -0.05) is 12.1 Å². The molecule has 4 rings (SSSR count). The number of pyridine rings is 1. The van der Waals surface area contributed by atoms with E-state index in [0.29, 0.717) is 24.8 Å². The summed E-state index contributed by atoms with van der Waals surface area (Å²) in [5.41, 5.74) is 3.25. The number of carbonyl (C=O) groups excluding carboxylic acids is 1. The molecule has 0 spiro atoms. The molecule has 2 N–H and O–H groups in total. The Morgan fingerprint density at radius 2 is 1.97 bits per heavy atom. The van der Waals surface area contributed by atoms with Crippen LogP contribution in [0.2, 0.25) is 5.15 Å². The van der Waals surface area contributed by atoms with Gasteiger partial charge >= 0.3 is 5.97 Å². The van der Waals surface area contributed by atoms with E-state index in [-0.39, 0.29) is 5.97 Å². The average molecular weight is 412 g/mol. The number of hydrogen-bond donors (Lipinski definition) is 1. The quantitative estimate of drug-likeness (QED) is 0.253. The van der Waals surface area contributed by atoms with Crippen molar-refractivity contribution in [2.45, 2.75) is 33.1 Å². The number of aryl methyl sites for hydroxylation is 1. The molecule has 29 heavy (non-hydrogen) atoms. The number of rotatable bonds is 7. The smallest absolute Gasteiger partial charge is 0.305 e. The predicted octanol–water partition coefficient (Wildman–Crippen LogP) is 5.36. The van der Waals surface area contributed by atoms with Crippen LogP contribution in [0.3, 0.4) is 0 Å². The number of esters is 1. The second-order valence-corrected chi connectivity index (χ2v) is 7.52. The first kappa shape index (κ1) is 19.5. The highest BCUT2D eigenvalue weighted by molar-refractivity contribution is 6.36. The molecule has 2 aromatic carbocycles. The van der Waals surface area contributed by atoms with Gasteiger partial charge in [0.1, 0.15) is 5.75 Å². The number of hydrogen-bond acceptors (Lipinski definition) is 3. The van der Waals surface area contributed by atoms with E-state index >= 15 is 0 Å². The van der Waals surface area contributed by atoms with Gasteiger partial charge in [-0.15, -0.1) is 0 Å². The van der Waals surface area contributed by atoms with Gasteiger partial charge in [-0.3, -0.25) is 4.79 Å². The number of unbranched alkanes of at least 4 members (excludes halogenated alkanes) is 1. The summed E-state index contributed by atoms with van der Waals surface area (Å²) in [6, 6.07) is 10.3. The molecule has 0 fully saturated rings. The number of benzene rings is 2. The number of fused-ring (bicyclic) bond motifs is 5. The van der Waals surface area contributed by atoms with Gasteiger partial charge in [-0.05, 0) is 61.9 Å². The number of nitrogens with one attached hydrogen (secondary N) is 2. The van der Waals surface area contributed by atoms with Gasteiger partial charge in [-0.2, -0.15) is 0 Å². The largest absolute Gasteiger partial charge is 0.494 e. The Hall–Kier alpha value is -2.79. The first-order valence-electron chi connectivity index (χ1n) is 9.92. The van der Waals surface area contributed by atoms with Crippen LogP contribution in [-0.4, -0.2) is 24.2 Å². The van der Waals surface area contributed by atoms with E-state index in [0.717, 1.165) is 56.7 Å². The lowest BCUT2D eigenvalue weighted by atomic mass is 10.1. The van der Waals surface area contributed by atoms with Gasteiger partial charge in [-0.25, -0.2) is 4.98 Å². The Bertz CT molecular complexity index is 1200. The van der Waals surface area contributed by atoms with Crippen molar-refractivity contribution in [2.75, 3.05) is 13.2 Å². The lowest BCUT2D eigenvalue weighted by Crippen LogP contribution is -2.05. The maximum absolute atomic E-state index is 11.4. The minimum atomic E-state index is -0.145. The van der Waals surface area contributed by atoms with Gasteiger partial charge in [0, 0.05) is 22.8 Å². The maximum Gasteiger partial charge on any atom is 0.305 e. The van der Waals surface area contributed by atoms with Crippen LogP contribution in [0.15, 0.2) is 36.5 Å². The van der Waals surface area contributed by atoms with Crippen LogP contribution in [0.4, 0.5) is 0 Å². The van der Waals surface area contributed by atoms with Gasteiger partial charge < -0.3 is 14.5 Å². The van der Waals surface area contributed by atoms with E-state index < -0.39 is 0 Å². The predicted molar refractivity (Wildman–Crippen MR) is 116 cm³/mol. The SMILES string of the molecule is CCOC(=O)CCCCOc1ccc2c(ccc3c2[nH]c2c(C)c[nH+]c(Cl)c23)c1. The molecule has 0 radical (unpaired) electrons. The molecule has 0 bridgehead atoms. The van der Waals surface area contributed by atoms with E-state index in [9.17, 15) is 4.79 Å². The van der Waals surface area contributed by atoms with Gasteiger partial charge in [0.2, 0.25) is 0 Å². The molecule has 0 saturated heterocycles. The fraction of sp³-hybridized carbons (Fsp3) is 0.304. The first-order chi connectivity index (χ1) is 14.1. The van der Waals surface area contributed by atoms with Crippen molar-refractivity contribution in [1.82, 2.24) is 4.98 Å².